The summed E-state index contributed by atoms with van der Waals surface area (Å²) in [6.07, 6.45) is 7.38. The molecule has 4 heteroatoms. The fourth-order valence-electron chi connectivity index (χ4n) is 4.22. The molecule has 1 atom stereocenters. The van der Waals surface area contributed by atoms with Gasteiger partial charge in [-0.1, -0.05) is 60.7 Å². The van der Waals surface area contributed by atoms with Gasteiger partial charge >= 0.3 is 0 Å². The van der Waals surface area contributed by atoms with E-state index in [9.17, 15) is 0 Å². The molecule has 0 fully saturated rings. The van der Waals surface area contributed by atoms with E-state index in [4.69, 9.17) is 9.47 Å². The van der Waals surface area contributed by atoms with Crippen LogP contribution >= 0.6 is 0 Å². The van der Waals surface area contributed by atoms with Crippen molar-refractivity contribution >= 4 is 17.0 Å². The van der Waals surface area contributed by atoms with Crippen LogP contribution in [-0.2, 0) is 13.0 Å². The van der Waals surface area contributed by atoms with Crippen LogP contribution in [0.5, 0.6) is 11.5 Å². The molecule has 0 spiro atoms. The Morgan fingerprint density at radius 2 is 1.90 bits per heavy atom. The molecule has 1 unspecified atom stereocenters. The number of ether oxygens (including phenoxy) is 2. The number of benzene rings is 3. The second kappa shape index (κ2) is 8.70. The Balaban J connectivity index is 1.41. The van der Waals surface area contributed by atoms with Gasteiger partial charge in [-0.05, 0) is 52.3 Å². The second-order valence-electron chi connectivity index (χ2n) is 7.81. The summed E-state index contributed by atoms with van der Waals surface area (Å²) < 4.78 is 11.8. The number of aromatic nitrogens is 1. The summed E-state index contributed by atoms with van der Waals surface area (Å²) in [7, 11) is 1.70. The van der Waals surface area contributed by atoms with Crippen molar-refractivity contribution < 1.29 is 9.47 Å². The van der Waals surface area contributed by atoms with Crippen LogP contribution in [0.3, 0.4) is 0 Å². The average Bonchev–Trinajstić information content (AvgIpc) is 3.31. The van der Waals surface area contributed by atoms with Crippen LogP contribution in [0.4, 0.5) is 0 Å². The number of H-pyrrole nitrogens is 1. The lowest BCUT2D eigenvalue weighted by Gasteiger charge is -2.26. The first-order chi connectivity index (χ1) is 15.3. The summed E-state index contributed by atoms with van der Waals surface area (Å²) in [5.74, 6) is 1.56. The molecule has 2 heterocycles. The molecular weight excluding hydrogens is 384 g/mol. The van der Waals surface area contributed by atoms with E-state index in [0.717, 1.165) is 35.5 Å². The molecule has 4 aromatic rings. The summed E-state index contributed by atoms with van der Waals surface area (Å²) in [4.78, 5) is 3.34. The minimum Gasteiger partial charge on any atom is -0.493 e. The average molecular weight is 411 g/mol. The summed E-state index contributed by atoms with van der Waals surface area (Å²) >= 11 is 0. The van der Waals surface area contributed by atoms with E-state index in [1.807, 2.05) is 24.4 Å². The number of aromatic amines is 1. The molecular formula is C27H26N2O2. The quantitative estimate of drug-likeness (QED) is 0.431. The van der Waals surface area contributed by atoms with Crippen LogP contribution in [0.15, 0.2) is 79.0 Å². The predicted octanol–water partition coefficient (Wildman–Crippen LogP) is 5.66. The molecule has 31 heavy (non-hydrogen) atoms. The van der Waals surface area contributed by atoms with Gasteiger partial charge in [-0.3, -0.25) is 0 Å². The molecule has 0 saturated carbocycles. The predicted molar refractivity (Wildman–Crippen MR) is 126 cm³/mol. The molecule has 1 aromatic heterocycles. The Labute approximate surface area is 182 Å². The highest BCUT2D eigenvalue weighted by Crippen LogP contribution is 2.36. The fraction of sp³-hybridized carbons (Fsp3) is 0.185. The van der Waals surface area contributed by atoms with Crippen molar-refractivity contribution in [2.24, 2.45) is 0 Å². The first-order valence-corrected chi connectivity index (χ1v) is 10.7. The van der Waals surface area contributed by atoms with E-state index in [1.165, 1.54) is 22.1 Å². The smallest absolute Gasteiger partial charge is 0.161 e. The molecule has 4 nitrogen and oxygen atoms in total. The number of para-hydroxylation sites is 1. The zero-order valence-electron chi connectivity index (χ0n) is 17.6. The van der Waals surface area contributed by atoms with Gasteiger partial charge in [0.1, 0.15) is 6.61 Å². The van der Waals surface area contributed by atoms with E-state index in [2.05, 4.69) is 71.0 Å². The third-order valence-corrected chi connectivity index (χ3v) is 5.84. The first kappa shape index (κ1) is 19.5. The van der Waals surface area contributed by atoms with Crippen LogP contribution in [0.25, 0.3) is 17.0 Å². The Kier molecular flexibility index (Phi) is 5.46. The fourth-order valence-corrected chi connectivity index (χ4v) is 4.22. The number of fused-ring (bicyclic) bond motifs is 2. The molecule has 1 aliphatic rings. The van der Waals surface area contributed by atoms with Gasteiger partial charge in [-0.2, -0.15) is 0 Å². The van der Waals surface area contributed by atoms with Crippen LogP contribution < -0.4 is 14.8 Å². The van der Waals surface area contributed by atoms with Crippen molar-refractivity contribution in [3.8, 4) is 11.5 Å². The minimum absolute atomic E-state index is 0.131. The molecule has 0 saturated heterocycles. The largest absolute Gasteiger partial charge is 0.493 e. The minimum atomic E-state index is 0.131. The Bertz CT molecular complexity index is 1210. The van der Waals surface area contributed by atoms with E-state index < -0.39 is 0 Å². The zero-order chi connectivity index (χ0) is 21.0. The molecule has 2 N–H and O–H groups in total. The monoisotopic (exact) mass is 410 g/mol. The summed E-state index contributed by atoms with van der Waals surface area (Å²) in [6, 6.07) is 23.1. The van der Waals surface area contributed by atoms with Crippen LogP contribution in [-0.4, -0.2) is 18.6 Å². The summed E-state index contributed by atoms with van der Waals surface area (Å²) in [6.45, 7) is 1.46. The topological polar surface area (TPSA) is 46.3 Å². The first-order valence-electron chi connectivity index (χ1n) is 10.7. The lowest BCUT2D eigenvalue weighted by atomic mass is 9.93. The highest BCUT2D eigenvalue weighted by molar-refractivity contribution is 5.87. The van der Waals surface area contributed by atoms with Crippen molar-refractivity contribution in [2.45, 2.75) is 19.1 Å². The summed E-state index contributed by atoms with van der Waals surface area (Å²) in [5.41, 5.74) is 6.03. The lowest BCUT2D eigenvalue weighted by Crippen LogP contribution is -2.28. The molecule has 156 valence electrons. The molecule has 0 radical (unpaired) electrons. The van der Waals surface area contributed by atoms with E-state index >= 15 is 0 Å². The molecule has 0 aliphatic carbocycles. The highest BCUT2D eigenvalue weighted by Gasteiger charge is 2.21. The normalized spacial score (nSPS) is 15.8. The van der Waals surface area contributed by atoms with Crippen LogP contribution in [0.1, 0.15) is 28.3 Å². The number of rotatable bonds is 6. The van der Waals surface area contributed by atoms with Gasteiger partial charge in [0, 0.05) is 12.7 Å². The van der Waals surface area contributed by atoms with E-state index in [0.29, 0.717) is 6.61 Å². The van der Waals surface area contributed by atoms with Gasteiger partial charge in [-0.25, -0.2) is 0 Å². The van der Waals surface area contributed by atoms with E-state index in [-0.39, 0.29) is 6.04 Å². The Morgan fingerprint density at radius 1 is 1.00 bits per heavy atom. The molecule has 0 bridgehead atoms. The maximum atomic E-state index is 6.12. The molecule has 1 aliphatic heterocycles. The number of hydrogen-bond donors (Lipinski definition) is 2. The van der Waals surface area contributed by atoms with Crippen molar-refractivity contribution in [2.75, 3.05) is 13.7 Å². The van der Waals surface area contributed by atoms with Gasteiger partial charge in [0.2, 0.25) is 0 Å². The summed E-state index contributed by atoms with van der Waals surface area (Å²) in [5, 5.41) is 4.85. The number of hydrogen-bond acceptors (Lipinski definition) is 3. The number of methoxy groups -OCH3 is 1. The second-order valence-corrected chi connectivity index (χ2v) is 7.81. The van der Waals surface area contributed by atoms with E-state index in [1.54, 1.807) is 7.11 Å². The zero-order valence-corrected chi connectivity index (χ0v) is 17.6. The maximum absolute atomic E-state index is 6.12. The van der Waals surface area contributed by atoms with Crippen molar-refractivity contribution in [1.29, 1.82) is 0 Å². The van der Waals surface area contributed by atoms with Gasteiger partial charge in [0.15, 0.2) is 11.5 Å². The maximum Gasteiger partial charge on any atom is 0.161 e. The molecule has 5 rings (SSSR count). The van der Waals surface area contributed by atoms with Crippen molar-refractivity contribution in [3.05, 3.63) is 101 Å². The highest BCUT2D eigenvalue weighted by atomic mass is 16.5. The van der Waals surface area contributed by atoms with Gasteiger partial charge in [0.25, 0.3) is 0 Å². The molecule has 3 aromatic carbocycles. The Hall–Kier alpha value is -3.50. The van der Waals surface area contributed by atoms with Gasteiger partial charge in [-0.15, -0.1) is 0 Å². The molecule has 0 amide bonds. The number of nitrogens with one attached hydrogen (secondary N) is 2. The van der Waals surface area contributed by atoms with Gasteiger partial charge in [0.05, 0.1) is 18.7 Å². The van der Waals surface area contributed by atoms with Gasteiger partial charge < -0.3 is 19.8 Å². The van der Waals surface area contributed by atoms with Crippen molar-refractivity contribution in [1.82, 2.24) is 10.3 Å². The van der Waals surface area contributed by atoms with Crippen molar-refractivity contribution in [3.63, 3.8) is 0 Å². The lowest BCUT2D eigenvalue weighted by molar-refractivity contribution is 0.283. The third-order valence-electron chi connectivity index (χ3n) is 5.84. The van der Waals surface area contributed by atoms with Crippen LogP contribution in [0.2, 0.25) is 0 Å². The third kappa shape index (κ3) is 4.07. The Morgan fingerprint density at radius 3 is 2.77 bits per heavy atom. The standard InChI is InChI=1S/C27H26N2O2/c1-30-25-17-23-22(16-26(25)31-18-19-6-3-2-4-7-19)13-14-28-24(23)11-10-20-8-5-9-21-12-15-29-27(20)21/h2-12,15-17,24,28-29H,13-14,18H2,1H3/b11-10+. The SMILES string of the molecule is COc1cc2c(cc1OCc1ccccc1)CCNC2/C=C/c1cccc2cc[nH]c12. The van der Waals surface area contributed by atoms with Crippen LogP contribution in [0, 0.1) is 0 Å².